The van der Waals surface area contributed by atoms with E-state index < -0.39 is 8.07 Å². The molecule has 1 aromatic heterocycles. The Kier molecular flexibility index (Phi) is 3.86. The van der Waals surface area contributed by atoms with Gasteiger partial charge in [0.25, 0.3) is 0 Å². The van der Waals surface area contributed by atoms with Crippen molar-refractivity contribution in [1.29, 1.82) is 0 Å². The van der Waals surface area contributed by atoms with Crippen LogP contribution in [-0.2, 0) is 7.05 Å². The van der Waals surface area contributed by atoms with Crippen LogP contribution in [0.1, 0.15) is 8.30 Å². The molecule has 0 aliphatic rings. The molecule has 0 aliphatic heterocycles. The molecule has 0 aliphatic carbocycles. The molecule has 4 aromatic rings. The first kappa shape index (κ1) is 15.4. The van der Waals surface area contributed by atoms with E-state index in [0.717, 1.165) is 22.2 Å². The van der Waals surface area contributed by atoms with Gasteiger partial charge in [0.1, 0.15) is 15.1 Å². The van der Waals surface area contributed by atoms with E-state index in [9.17, 15) is 0 Å². The summed E-state index contributed by atoms with van der Waals surface area (Å²) in [5.74, 6) is 0. The maximum absolute atomic E-state index is 8.22. The summed E-state index contributed by atoms with van der Waals surface area (Å²) in [5, 5.41) is 5.19. The fourth-order valence-corrected chi connectivity index (χ4v) is 6.20. The Labute approximate surface area is 165 Å². The molecule has 134 valence electrons. The smallest absolute Gasteiger partial charge is 0.200 e. The highest BCUT2D eigenvalue weighted by Gasteiger charge is 2.26. The molecule has 1 heterocycles. The van der Waals surface area contributed by atoms with Gasteiger partial charge in [0, 0.05) is 11.6 Å². The van der Waals surface area contributed by atoms with E-state index in [1.54, 1.807) is 6.07 Å². The number of benzene rings is 3. The summed E-state index contributed by atoms with van der Waals surface area (Å²) < 4.78 is 18.4. The predicted octanol–water partition coefficient (Wildman–Crippen LogP) is 4.46. The Hall–Kier alpha value is -2.71. The number of hydrogen-bond donors (Lipinski definition) is 0. The van der Waals surface area contributed by atoms with E-state index in [0.29, 0.717) is 12.1 Å². The van der Waals surface area contributed by atoms with Crippen molar-refractivity contribution in [2.24, 2.45) is 7.05 Å². The average molecular weight is 371 g/mol. The van der Waals surface area contributed by atoms with Crippen LogP contribution in [0.3, 0.4) is 0 Å². The minimum absolute atomic E-state index is 0.377. The van der Waals surface area contributed by atoms with Gasteiger partial charge in [-0.15, -0.1) is 0 Å². The molecular weight excluding hydrogens is 342 g/mol. The van der Waals surface area contributed by atoms with Crippen LogP contribution in [0, 0.1) is 6.92 Å². The average Bonchev–Trinajstić information content (AvgIpc) is 2.71. The van der Waals surface area contributed by atoms with Crippen LogP contribution in [0.25, 0.3) is 22.0 Å². The molecule has 0 fully saturated rings. The molecule has 0 saturated heterocycles. The number of nitrogens with zero attached hydrogens (tertiary/aromatic N) is 1. The van der Waals surface area contributed by atoms with Crippen molar-refractivity contribution in [1.82, 2.24) is 0 Å². The van der Waals surface area contributed by atoms with Crippen LogP contribution < -0.4 is 14.9 Å². The second kappa shape index (κ2) is 6.79. The lowest BCUT2D eigenvalue weighted by Crippen LogP contribution is -2.52. The third-order valence-corrected chi connectivity index (χ3v) is 9.14. The van der Waals surface area contributed by atoms with E-state index in [1.807, 2.05) is 20.0 Å². The van der Waals surface area contributed by atoms with Gasteiger partial charge in [-0.2, -0.15) is 0 Å². The van der Waals surface area contributed by atoms with Gasteiger partial charge in [0.15, 0.2) is 6.20 Å². The molecule has 0 saturated carbocycles. The van der Waals surface area contributed by atoms with E-state index >= 15 is 0 Å². The van der Waals surface area contributed by atoms with Crippen molar-refractivity contribution in [2.45, 2.75) is 20.0 Å². The lowest BCUT2D eigenvalue weighted by Gasteiger charge is -2.24. The molecule has 27 heavy (non-hydrogen) atoms. The van der Waals surface area contributed by atoms with Gasteiger partial charge in [-0.25, -0.2) is 4.57 Å². The molecule has 0 spiro atoms. The Bertz CT molecular complexity index is 1220. The summed E-state index contributed by atoms with van der Waals surface area (Å²) in [6.07, 6.45) is 2.08. The number of aryl methyl sites for hydroxylation is 1. The van der Waals surface area contributed by atoms with Crippen LogP contribution in [0.15, 0.2) is 85.0 Å². The fourth-order valence-electron chi connectivity index (χ4n) is 3.83. The van der Waals surface area contributed by atoms with Crippen molar-refractivity contribution in [3.05, 3.63) is 90.6 Å². The normalized spacial score (nSPS) is 12.7. The van der Waals surface area contributed by atoms with Crippen molar-refractivity contribution >= 4 is 29.2 Å². The maximum Gasteiger partial charge on any atom is 0.220 e. The van der Waals surface area contributed by atoms with E-state index in [1.165, 1.54) is 15.8 Å². The Balaban J connectivity index is 1.93. The van der Waals surface area contributed by atoms with Gasteiger partial charge in [-0.3, -0.25) is 0 Å². The van der Waals surface area contributed by atoms with Crippen molar-refractivity contribution in [3.8, 4) is 11.3 Å². The predicted molar refractivity (Wildman–Crippen MR) is 118 cm³/mol. The number of pyridine rings is 1. The van der Waals surface area contributed by atoms with Gasteiger partial charge >= 0.3 is 0 Å². The molecule has 0 bridgehead atoms. The highest BCUT2D eigenvalue weighted by Crippen LogP contribution is 2.27. The van der Waals surface area contributed by atoms with Gasteiger partial charge in [0.05, 0.1) is 8.13 Å². The minimum Gasteiger partial charge on any atom is -0.200 e. The molecule has 0 radical (unpaired) electrons. The summed E-state index contributed by atoms with van der Waals surface area (Å²) in [6, 6.07) is 24.1. The van der Waals surface area contributed by atoms with E-state index in [-0.39, 0.29) is 0 Å². The molecule has 0 unspecified atom stereocenters. The summed E-state index contributed by atoms with van der Waals surface area (Å²) in [5.41, 5.74) is 2.93. The number of hydrogen-bond acceptors (Lipinski definition) is 0. The van der Waals surface area contributed by atoms with Crippen molar-refractivity contribution in [2.75, 3.05) is 0 Å². The topological polar surface area (TPSA) is 3.88 Å². The van der Waals surface area contributed by atoms with Crippen LogP contribution in [0.2, 0.25) is 13.1 Å². The number of rotatable bonds is 3. The maximum atomic E-state index is 8.22. The quantitative estimate of drug-likeness (QED) is 0.370. The van der Waals surface area contributed by atoms with Gasteiger partial charge in [-0.1, -0.05) is 84.1 Å². The SMILES string of the molecule is [2H]c1cc([2H])c(C)c(-c2c3ccc([Si](C)(C)c4ccccc4)cc3cc[n+]2C)c1. The molecule has 4 rings (SSSR count). The highest BCUT2D eigenvalue weighted by atomic mass is 28.3. The van der Waals surface area contributed by atoms with Gasteiger partial charge in [-0.05, 0) is 30.0 Å². The van der Waals surface area contributed by atoms with Crippen LogP contribution in [0.4, 0.5) is 0 Å². The zero-order chi connectivity index (χ0) is 20.8. The number of aromatic nitrogens is 1. The second-order valence-corrected chi connectivity index (χ2v) is 12.1. The summed E-state index contributed by atoms with van der Waals surface area (Å²) in [6.45, 7) is 6.76. The molecule has 0 atom stereocenters. The highest BCUT2D eigenvalue weighted by molar-refractivity contribution is 7.00. The van der Waals surface area contributed by atoms with Crippen LogP contribution >= 0.6 is 0 Å². The van der Waals surface area contributed by atoms with Crippen molar-refractivity contribution in [3.63, 3.8) is 0 Å². The minimum atomic E-state index is -1.78. The number of fused-ring (bicyclic) bond motifs is 1. The summed E-state index contributed by atoms with van der Waals surface area (Å²) in [4.78, 5) is 0. The molecule has 3 aromatic carbocycles. The zero-order valence-electron chi connectivity index (χ0n) is 18.4. The first-order chi connectivity index (χ1) is 13.8. The van der Waals surface area contributed by atoms with E-state index in [2.05, 4.69) is 78.5 Å². The molecular formula is C25H26NSi+. The fraction of sp³-hybridized carbons (Fsp3) is 0.160. The third-order valence-electron chi connectivity index (χ3n) is 5.61. The summed E-state index contributed by atoms with van der Waals surface area (Å²) in [7, 11) is 0.254. The van der Waals surface area contributed by atoms with Gasteiger partial charge in [0.2, 0.25) is 5.69 Å². The first-order valence-electron chi connectivity index (χ1n) is 10.4. The summed E-state index contributed by atoms with van der Waals surface area (Å²) >= 11 is 0. The van der Waals surface area contributed by atoms with Crippen LogP contribution in [0.5, 0.6) is 0 Å². The lowest BCUT2D eigenvalue weighted by molar-refractivity contribution is -0.659. The second-order valence-electron chi connectivity index (χ2n) is 7.71. The monoisotopic (exact) mass is 370 g/mol. The van der Waals surface area contributed by atoms with Crippen molar-refractivity contribution < 1.29 is 7.31 Å². The van der Waals surface area contributed by atoms with Gasteiger partial charge < -0.3 is 0 Å². The largest absolute Gasteiger partial charge is 0.220 e. The Morgan fingerprint density at radius 1 is 0.889 bits per heavy atom. The zero-order valence-corrected chi connectivity index (χ0v) is 17.4. The first-order valence-corrected chi connectivity index (χ1v) is 12.4. The van der Waals surface area contributed by atoms with E-state index in [4.69, 9.17) is 2.74 Å². The molecule has 1 nitrogen and oxygen atoms in total. The Morgan fingerprint density at radius 2 is 1.67 bits per heavy atom. The lowest BCUT2D eigenvalue weighted by atomic mass is 10.00. The Morgan fingerprint density at radius 3 is 2.44 bits per heavy atom. The molecule has 2 heteroatoms. The molecule has 0 N–H and O–H groups in total. The standard InChI is InChI=1S/C25H26NSi/c1-19-10-8-9-13-23(19)25-24-15-14-22(18-20(24)16-17-26(25)2)27(3,4)21-11-6-5-7-12-21/h5-18H,1-4H3/q+1/i9D,10D. The van der Waals surface area contributed by atoms with Crippen LogP contribution in [-0.4, -0.2) is 8.07 Å². The molecule has 0 amide bonds. The third kappa shape index (κ3) is 3.11.